The quantitative estimate of drug-likeness (QED) is 0.639. The Morgan fingerprint density at radius 3 is 1.12 bits per heavy atom. The number of rotatable bonds is 3. The Hall–Kier alpha value is -1.64. The van der Waals surface area contributed by atoms with Crippen LogP contribution in [0, 0.1) is 0 Å². The van der Waals surface area contributed by atoms with Crippen LogP contribution in [0.3, 0.4) is 0 Å². The van der Waals surface area contributed by atoms with Crippen molar-refractivity contribution in [3.05, 3.63) is 12.0 Å². The molecule has 0 spiro atoms. The van der Waals surface area contributed by atoms with Crippen LogP contribution in [0.5, 0.6) is 0 Å². The summed E-state index contributed by atoms with van der Waals surface area (Å²) in [6.45, 7) is 0. The smallest absolute Gasteiger partial charge is 0.412 e. The van der Waals surface area contributed by atoms with Crippen LogP contribution in [0.25, 0.3) is 0 Å². The highest BCUT2D eigenvalue weighted by Crippen LogP contribution is 2.62. The fourth-order valence-electron chi connectivity index (χ4n) is 1.38. The molecule has 0 unspecified atom stereocenters. The van der Waals surface area contributed by atoms with Crippen molar-refractivity contribution >= 4 is 0 Å². The molecule has 0 aromatic carbocycles. The van der Waals surface area contributed by atoms with E-state index in [1.807, 2.05) is 0 Å². The van der Waals surface area contributed by atoms with Gasteiger partial charge in [0.15, 0.2) is 0 Å². The van der Waals surface area contributed by atoms with Crippen molar-refractivity contribution < 1.29 is 70.9 Å². The third kappa shape index (κ3) is 2.32. The van der Waals surface area contributed by atoms with Crippen molar-refractivity contribution in [3.63, 3.8) is 0 Å². The van der Waals surface area contributed by atoms with Gasteiger partial charge in [0.25, 0.3) is 0 Å². The molecule has 0 bridgehead atoms. The van der Waals surface area contributed by atoms with Gasteiger partial charge in [-0.15, -0.1) is 0 Å². The Morgan fingerprint density at radius 1 is 0.542 bits per heavy atom. The topological polar surface area (TPSA) is 18.5 Å². The fourth-order valence-corrected chi connectivity index (χ4v) is 1.38. The average Bonchev–Trinajstić information content (AvgIpc) is 2.64. The van der Waals surface area contributed by atoms with Gasteiger partial charge in [-0.2, -0.15) is 61.5 Å². The molecule has 0 aromatic rings. The zero-order chi connectivity index (χ0) is 19.6. The summed E-state index contributed by atoms with van der Waals surface area (Å²) in [7, 11) is 0. The Morgan fingerprint density at radius 2 is 0.875 bits per heavy atom. The molecule has 16 heteroatoms. The van der Waals surface area contributed by atoms with Gasteiger partial charge >= 0.3 is 47.9 Å². The van der Waals surface area contributed by atoms with Crippen LogP contribution >= 0.6 is 0 Å². The summed E-state index contributed by atoms with van der Waals surface area (Å²) in [4.78, 5) is 0. The molecule has 0 radical (unpaired) electrons. The summed E-state index contributed by atoms with van der Waals surface area (Å²) in [5.74, 6) is -29.4. The molecule has 24 heavy (non-hydrogen) atoms. The van der Waals surface area contributed by atoms with E-state index in [1.54, 1.807) is 0 Å². The van der Waals surface area contributed by atoms with Gasteiger partial charge in [0.1, 0.15) is 0 Å². The first-order chi connectivity index (χ1) is 10.3. The predicted octanol–water partition coefficient (Wildman–Crippen LogP) is 4.83. The van der Waals surface area contributed by atoms with Crippen molar-refractivity contribution in [1.29, 1.82) is 0 Å². The highest BCUT2D eigenvalue weighted by atomic mass is 19.4. The second-order valence-electron chi connectivity index (χ2n) is 4.09. The summed E-state index contributed by atoms with van der Waals surface area (Å²) in [5, 5.41) is 0. The molecule has 0 aliphatic carbocycles. The molecule has 0 atom stereocenters. The minimum absolute atomic E-state index is 2.41. The molecular weight excluding hydrogens is 394 g/mol. The van der Waals surface area contributed by atoms with Crippen LogP contribution in [-0.4, -0.2) is 35.9 Å². The zero-order valence-electron chi connectivity index (χ0n) is 10.1. The first-order valence-corrected chi connectivity index (χ1v) is 4.96. The van der Waals surface area contributed by atoms with Gasteiger partial charge in [0, 0.05) is 0 Å². The zero-order valence-corrected chi connectivity index (χ0v) is 10.1. The molecule has 0 N–H and O–H groups in total. The summed E-state index contributed by atoms with van der Waals surface area (Å²) in [5.41, 5.74) is 0. The molecule has 0 amide bonds. The van der Waals surface area contributed by atoms with Gasteiger partial charge < -0.3 is 9.47 Å². The maximum Gasteiger partial charge on any atom is 0.462 e. The van der Waals surface area contributed by atoms with Gasteiger partial charge in [0.05, 0.1) is 0 Å². The highest BCUT2D eigenvalue weighted by Gasteiger charge is 2.94. The van der Waals surface area contributed by atoms with E-state index in [4.69, 9.17) is 0 Å². The Balaban J connectivity index is 3.71. The lowest BCUT2D eigenvalue weighted by Crippen LogP contribution is -2.74. The Bertz CT molecular complexity index is 526. The number of halogens is 14. The lowest BCUT2D eigenvalue weighted by Gasteiger charge is -2.42. The Labute approximate surface area is 120 Å². The van der Waals surface area contributed by atoms with E-state index in [0.717, 1.165) is 0 Å². The van der Waals surface area contributed by atoms with Crippen LogP contribution in [0.2, 0.25) is 0 Å². The van der Waals surface area contributed by atoms with Crippen LogP contribution in [0.15, 0.2) is 12.0 Å². The molecule has 2 nitrogen and oxygen atoms in total. The maximum atomic E-state index is 13.4. The minimum atomic E-state index is -7.67. The van der Waals surface area contributed by atoms with E-state index in [9.17, 15) is 61.5 Å². The maximum absolute atomic E-state index is 13.4. The molecule has 1 aliphatic heterocycles. The highest BCUT2D eigenvalue weighted by molar-refractivity contribution is 5.15. The molecule has 1 heterocycles. The number of alkyl halides is 12. The first kappa shape index (κ1) is 20.4. The lowest BCUT2D eigenvalue weighted by molar-refractivity contribution is -0.484. The molecule has 0 aromatic heterocycles. The summed E-state index contributed by atoms with van der Waals surface area (Å²) >= 11 is 0. The van der Waals surface area contributed by atoms with E-state index in [1.165, 1.54) is 0 Å². The van der Waals surface area contributed by atoms with E-state index in [-0.39, 0.29) is 0 Å². The van der Waals surface area contributed by atoms with E-state index in [2.05, 4.69) is 9.47 Å². The molecule has 0 fully saturated rings. The normalized spacial score (nSPS) is 20.1. The summed E-state index contributed by atoms with van der Waals surface area (Å²) < 4.78 is 181. The van der Waals surface area contributed by atoms with Crippen LogP contribution in [0.4, 0.5) is 61.5 Å². The monoisotopic (exact) mass is 394 g/mol. The summed E-state index contributed by atoms with van der Waals surface area (Å²) in [6, 6.07) is -6.84. The standard InChI is InChI=1S/C8F14O2/c9-1-2(10)24-6(23-1,5(15,16)8(20,21)22)3(11,12)4(13,14)7(17,18)19. The summed E-state index contributed by atoms with van der Waals surface area (Å²) in [6.07, 6.45) is -14.8. The second-order valence-corrected chi connectivity index (χ2v) is 4.09. The van der Waals surface area contributed by atoms with Gasteiger partial charge in [0.2, 0.25) is 0 Å². The van der Waals surface area contributed by atoms with Crippen molar-refractivity contribution in [3.8, 4) is 0 Å². The molecule has 0 saturated heterocycles. The minimum Gasteiger partial charge on any atom is -0.412 e. The lowest BCUT2D eigenvalue weighted by atomic mass is 9.94. The fraction of sp³-hybridized carbons (Fsp3) is 0.750. The van der Waals surface area contributed by atoms with Crippen molar-refractivity contribution in [2.75, 3.05) is 0 Å². The van der Waals surface area contributed by atoms with Crippen LogP contribution < -0.4 is 0 Å². The molecule has 0 saturated carbocycles. The largest absolute Gasteiger partial charge is 0.462 e. The average molecular weight is 394 g/mol. The molecule has 142 valence electrons. The van der Waals surface area contributed by atoms with E-state index >= 15 is 0 Å². The number of hydrogen-bond donors (Lipinski definition) is 0. The third-order valence-electron chi connectivity index (χ3n) is 2.55. The SMILES string of the molecule is FC1=C(F)OC(C(F)(F)C(F)(F)F)(C(F)(F)C(F)(F)C(F)(F)F)O1. The van der Waals surface area contributed by atoms with Crippen molar-refractivity contribution in [1.82, 2.24) is 0 Å². The van der Waals surface area contributed by atoms with Gasteiger partial charge in [-0.25, -0.2) is 0 Å². The number of hydrogen-bond acceptors (Lipinski definition) is 2. The van der Waals surface area contributed by atoms with Gasteiger partial charge in [-0.1, -0.05) is 0 Å². The second kappa shape index (κ2) is 4.93. The van der Waals surface area contributed by atoms with Crippen LogP contribution in [-0.2, 0) is 9.47 Å². The van der Waals surface area contributed by atoms with Gasteiger partial charge in [-0.05, 0) is 0 Å². The predicted molar refractivity (Wildman–Crippen MR) is 41.1 cm³/mol. The Kier molecular flexibility index (Phi) is 4.20. The third-order valence-corrected chi connectivity index (χ3v) is 2.55. The van der Waals surface area contributed by atoms with Crippen molar-refractivity contribution in [2.24, 2.45) is 0 Å². The van der Waals surface area contributed by atoms with Crippen molar-refractivity contribution in [2.45, 2.75) is 35.9 Å². The van der Waals surface area contributed by atoms with E-state index in [0.29, 0.717) is 0 Å². The van der Waals surface area contributed by atoms with Crippen LogP contribution in [0.1, 0.15) is 0 Å². The first-order valence-electron chi connectivity index (χ1n) is 4.96. The van der Waals surface area contributed by atoms with E-state index < -0.39 is 47.9 Å². The molecule has 1 aliphatic rings. The van der Waals surface area contributed by atoms with Gasteiger partial charge in [-0.3, -0.25) is 0 Å². The number of ether oxygens (including phenoxy) is 2. The molecular formula is C8F14O2. The molecule has 1 rings (SSSR count).